The van der Waals surface area contributed by atoms with Crippen molar-refractivity contribution >= 4 is 24.4 Å². The molecule has 0 saturated carbocycles. The molecule has 0 radical (unpaired) electrons. The molecule has 0 aromatic heterocycles. The molecule has 0 spiro atoms. The number of nitrogens with zero attached hydrogens (tertiary/aromatic N) is 1. The number of hydrogen-bond donors (Lipinski definition) is 2. The molecule has 0 amide bonds. The summed E-state index contributed by atoms with van der Waals surface area (Å²) in [6, 6.07) is 7.48. The minimum Gasteiger partial charge on any atom is -0.398 e. The van der Waals surface area contributed by atoms with Crippen LogP contribution in [0.4, 0.5) is 5.69 Å². The van der Waals surface area contributed by atoms with Crippen molar-refractivity contribution in [1.29, 1.82) is 5.26 Å². The molecule has 0 fully saturated rings. The number of anilines is 1. The summed E-state index contributed by atoms with van der Waals surface area (Å²) in [4.78, 5) is 0. The molecule has 0 heterocycles. The van der Waals surface area contributed by atoms with E-state index in [1.54, 1.807) is 12.1 Å². The van der Waals surface area contributed by atoms with Crippen LogP contribution < -0.4 is 5.73 Å². The van der Waals surface area contributed by atoms with Crippen LogP contribution in [0.1, 0.15) is 17.5 Å². The number of nitriles is 1. The van der Waals surface area contributed by atoms with Gasteiger partial charge < -0.3 is 5.73 Å². The van der Waals surface area contributed by atoms with Gasteiger partial charge in [-0.05, 0) is 29.9 Å². The fraction of sp³-hybridized carbons (Fsp3) is 0.182. The van der Waals surface area contributed by atoms with E-state index in [9.17, 15) is 0 Å². The topological polar surface area (TPSA) is 49.8 Å². The van der Waals surface area contributed by atoms with Crippen LogP contribution in [0.25, 0.3) is 6.08 Å². The first-order valence-electron chi connectivity index (χ1n) is 4.35. The number of allylic oxidation sites excluding steroid dienone is 1. The number of hydrogen-bond acceptors (Lipinski definition) is 3. The van der Waals surface area contributed by atoms with Gasteiger partial charge in [0, 0.05) is 5.69 Å². The van der Waals surface area contributed by atoms with E-state index in [2.05, 4.69) is 18.7 Å². The third-order valence-corrected chi connectivity index (χ3v) is 2.06. The van der Waals surface area contributed by atoms with Crippen molar-refractivity contribution in [3.8, 4) is 6.07 Å². The molecule has 2 nitrogen and oxygen atoms in total. The Labute approximate surface area is 89.5 Å². The lowest BCUT2D eigenvalue weighted by atomic mass is 10.1. The molecule has 0 unspecified atom stereocenters. The van der Waals surface area contributed by atoms with E-state index < -0.39 is 0 Å². The zero-order valence-corrected chi connectivity index (χ0v) is 8.67. The third kappa shape index (κ3) is 2.82. The highest BCUT2D eigenvalue weighted by Gasteiger charge is 1.96. The summed E-state index contributed by atoms with van der Waals surface area (Å²) in [5.41, 5.74) is 7.65. The van der Waals surface area contributed by atoms with Crippen LogP contribution >= 0.6 is 12.6 Å². The molecule has 14 heavy (non-hydrogen) atoms. The summed E-state index contributed by atoms with van der Waals surface area (Å²) in [5.74, 6) is 0.830. The van der Waals surface area contributed by atoms with Gasteiger partial charge in [-0.3, -0.25) is 0 Å². The number of nitrogen functional groups attached to an aromatic ring is 1. The lowest BCUT2D eigenvalue weighted by Gasteiger charge is -1.98. The van der Waals surface area contributed by atoms with Gasteiger partial charge in [0.2, 0.25) is 0 Å². The number of benzene rings is 1. The highest BCUT2D eigenvalue weighted by molar-refractivity contribution is 7.80. The quantitative estimate of drug-likeness (QED) is 0.587. The lowest BCUT2D eigenvalue weighted by Crippen LogP contribution is -1.89. The first-order chi connectivity index (χ1) is 6.77. The normalized spacial score (nSPS) is 10.3. The number of nitrogens with two attached hydrogens (primary N) is 1. The van der Waals surface area contributed by atoms with E-state index in [1.807, 2.05) is 18.2 Å². The summed E-state index contributed by atoms with van der Waals surface area (Å²) in [6.07, 6.45) is 4.92. The van der Waals surface area contributed by atoms with E-state index in [0.717, 1.165) is 17.7 Å². The molecule has 0 aliphatic carbocycles. The van der Waals surface area contributed by atoms with E-state index in [0.29, 0.717) is 11.3 Å². The van der Waals surface area contributed by atoms with Crippen molar-refractivity contribution in [2.45, 2.75) is 6.42 Å². The molecule has 0 atom stereocenters. The van der Waals surface area contributed by atoms with Crippen molar-refractivity contribution in [2.75, 3.05) is 11.5 Å². The van der Waals surface area contributed by atoms with Gasteiger partial charge in [-0.15, -0.1) is 0 Å². The fourth-order valence-electron chi connectivity index (χ4n) is 1.07. The Balaban J connectivity index is 2.86. The Kier molecular flexibility index (Phi) is 4.09. The second-order valence-electron chi connectivity index (χ2n) is 2.87. The molecule has 1 aromatic carbocycles. The number of thiol groups is 1. The van der Waals surface area contributed by atoms with Crippen LogP contribution in [-0.4, -0.2) is 5.75 Å². The maximum Gasteiger partial charge on any atom is 0.101 e. The highest BCUT2D eigenvalue weighted by atomic mass is 32.1. The molecule has 2 N–H and O–H groups in total. The third-order valence-electron chi connectivity index (χ3n) is 1.80. The van der Waals surface area contributed by atoms with Crippen LogP contribution in [0, 0.1) is 11.3 Å². The smallest absolute Gasteiger partial charge is 0.101 e. The van der Waals surface area contributed by atoms with Crippen LogP contribution in [0.5, 0.6) is 0 Å². The molecule has 1 aromatic rings. The molecule has 0 bridgehead atoms. The van der Waals surface area contributed by atoms with Crippen molar-refractivity contribution in [3.63, 3.8) is 0 Å². The Morgan fingerprint density at radius 1 is 1.50 bits per heavy atom. The second kappa shape index (κ2) is 5.36. The SMILES string of the molecule is N#Cc1cc(C=CCCS)ccc1N. The average Bonchev–Trinajstić information content (AvgIpc) is 2.21. The summed E-state index contributed by atoms with van der Waals surface area (Å²) in [6.45, 7) is 0. The first kappa shape index (κ1) is 10.7. The van der Waals surface area contributed by atoms with Crippen LogP contribution in [0.3, 0.4) is 0 Å². The van der Waals surface area contributed by atoms with Gasteiger partial charge in [0.05, 0.1) is 5.56 Å². The molecule has 3 heteroatoms. The maximum atomic E-state index is 8.75. The highest BCUT2D eigenvalue weighted by Crippen LogP contribution is 2.14. The second-order valence-corrected chi connectivity index (χ2v) is 3.32. The zero-order valence-electron chi connectivity index (χ0n) is 7.77. The van der Waals surface area contributed by atoms with Gasteiger partial charge in [0.25, 0.3) is 0 Å². The van der Waals surface area contributed by atoms with E-state index in [1.165, 1.54) is 0 Å². The monoisotopic (exact) mass is 204 g/mol. The van der Waals surface area contributed by atoms with E-state index >= 15 is 0 Å². The summed E-state index contributed by atoms with van der Waals surface area (Å²) < 4.78 is 0. The minimum absolute atomic E-state index is 0.526. The minimum atomic E-state index is 0.526. The lowest BCUT2D eigenvalue weighted by molar-refractivity contribution is 1.26. The fourth-order valence-corrected chi connectivity index (χ4v) is 1.22. The Morgan fingerprint density at radius 2 is 2.29 bits per heavy atom. The Hall–Kier alpha value is -1.40. The molecule has 0 saturated heterocycles. The zero-order chi connectivity index (χ0) is 10.4. The van der Waals surface area contributed by atoms with Gasteiger partial charge in [0.15, 0.2) is 0 Å². The molecule has 72 valence electrons. The molecule has 1 rings (SSSR count). The molecular weight excluding hydrogens is 192 g/mol. The van der Waals surface area contributed by atoms with Crippen LogP contribution in [-0.2, 0) is 0 Å². The summed E-state index contributed by atoms with van der Waals surface area (Å²) >= 11 is 4.10. The summed E-state index contributed by atoms with van der Waals surface area (Å²) in [5, 5.41) is 8.75. The Bertz CT molecular complexity index is 377. The van der Waals surface area contributed by atoms with Gasteiger partial charge in [-0.1, -0.05) is 18.2 Å². The predicted octanol–water partition coefficient (Wildman–Crippen LogP) is 2.47. The first-order valence-corrected chi connectivity index (χ1v) is 4.98. The van der Waals surface area contributed by atoms with Gasteiger partial charge in [-0.2, -0.15) is 17.9 Å². The molecular formula is C11H12N2S. The summed E-state index contributed by atoms with van der Waals surface area (Å²) in [7, 11) is 0. The Morgan fingerprint density at radius 3 is 2.93 bits per heavy atom. The largest absolute Gasteiger partial charge is 0.398 e. The van der Waals surface area contributed by atoms with Gasteiger partial charge >= 0.3 is 0 Å². The van der Waals surface area contributed by atoms with Crippen molar-refractivity contribution in [2.24, 2.45) is 0 Å². The van der Waals surface area contributed by atoms with Crippen LogP contribution in [0.2, 0.25) is 0 Å². The number of rotatable bonds is 3. The maximum absolute atomic E-state index is 8.75. The average molecular weight is 204 g/mol. The predicted molar refractivity (Wildman–Crippen MR) is 63.1 cm³/mol. The van der Waals surface area contributed by atoms with Crippen molar-refractivity contribution in [1.82, 2.24) is 0 Å². The molecule has 0 aliphatic rings. The molecule has 0 aliphatic heterocycles. The van der Waals surface area contributed by atoms with Crippen LogP contribution in [0.15, 0.2) is 24.3 Å². The van der Waals surface area contributed by atoms with Gasteiger partial charge in [-0.25, -0.2) is 0 Å². The van der Waals surface area contributed by atoms with E-state index in [-0.39, 0.29) is 0 Å². The van der Waals surface area contributed by atoms with Crippen molar-refractivity contribution < 1.29 is 0 Å². The standard InChI is InChI=1S/C11H12N2S/c12-8-10-7-9(3-1-2-6-14)4-5-11(10)13/h1,3-5,7,14H,2,6,13H2. The van der Waals surface area contributed by atoms with Gasteiger partial charge in [0.1, 0.15) is 6.07 Å². The van der Waals surface area contributed by atoms with E-state index in [4.69, 9.17) is 11.0 Å². The van der Waals surface area contributed by atoms with Crippen molar-refractivity contribution in [3.05, 3.63) is 35.4 Å².